The van der Waals surface area contributed by atoms with Crippen molar-refractivity contribution in [2.75, 3.05) is 4.43 Å². The highest BCUT2D eigenvalue weighted by Gasteiger charge is 2.25. The second-order valence-corrected chi connectivity index (χ2v) is 4.10. The van der Waals surface area contributed by atoms with Gasteiger partial charge in [-0.3, -0.25) is 0 Å². The monoisotopic (exact) mass is 266 g/mol. The first-order valence-corrected chi connectivity index (χ1v) is 5.75. The van der Waals surface area contributed by atoms with Crippen LogP contribution in [-0.2, 0) is 0 Å². The highest BCUT2D eigenvalue weighted by Crippen LogP contribution is 2.28. The molecule has 1 aliphatic carbocycles. The van der Waals surface area contributed by atoms with Gasteiger partial charge in [0.15, 0.2) is 0 Å². The SMILES string of the molecule is OC1(C=CCI)CCCCC1. The average molecular weight is 266 g/mol. The second-order valence-electron chi connectivity index (χ2n) is 3.22. The molecule has 0 bridgehead atoms. The van der Waals surface area contributed by atoms with Gasteiger partial charge >= 0.3 is 0 Å². The van der Waals surface area contributed by atoms with E-state index < -0.39 is 5.60 Å². The van der Waals surface area contributed by atoms with Crippen molar-refractivity contribution in [1.29, 1.82) is 0 Å². The molecule has 2 heteroatoms. The van der Waals surface area contributed by atoms with Gasteiger partial charge in [0.1, 0.15) is 0 Å². The fraction of sp³-hybridized carbons (Fsp3) is 0.778. The third kappa shape index (κ3) is 3.11. The summed E-state index contributed by atoms with van der Waals surface area (Å²) in [4.78, 5) is 0. The van der Waals surface area contributed by atoms with Gasteiger partial charge in [-0.1, -0.05) is 54.0 Å². The minimum absolute atomic E-state index is 0.455. The quantitative estimate of drug-likeness (QED) is 0.463. The topological polar surface area (TPSA) is 20.2 Å². The zero-order valence-corrected chi connectivity index (χ0v) is 8.88. The van der Waals surface area contributed by atoms with E-state index in [9.17, 15) is 5.11 Å². The highest BCUT2D eigenvalue weighted by atomic mass is 127. The van der Waals surface area contributed by atoms with E-state index in [4.69, 9.17) is 0 Å². The van der Waals surface area contributed by atoms with Gasteiger partial charge in [-0.25, -0.2) is 0 Å². The van der Waals surface area contributed by atoms with Crippen LogP contribution in [0.4, 0.5) is 0 Å². The molecule has 0 amide bonds. The maximum Gasteiger partial charge on any atom is 0.0828 e. The lowest BCUT2D eigenvalue weighted by Gasteiger charge is -2.28. The van der Waals surface area contributed by atoms with Gasteiger partial charge in [-0.15, -0.1) is 0 Å². The summed E-state index contributed by atoms with van der Waals surface area (Å²) in [6.45, 7) is 0. The number of aliphatic hydroxyl groups is 1. The lowest BCUT2D eigenvalue weighted by molar-refractivity contribution is 0.0512. The van der Waals surface area contributed by atoms with Crippen molar-refractivity contribution in [3.8, 4) is 0 Å². The molecule has 64 valence electrons. The number of hydrogen-bond acceptors (Lipinski definition) is 1. The number of alkyl halides is 1. The first kappa shape index (κ1) is 9.52. The van der Waals surface area contributed by atoms with Crippen molar-refractivity contribution < 1.29 is 5.11 Å². The molecule has 1 saturated carbocycles. The van der Waals surface area contributed by atoms with Crippen LogP contribution in [0, 0.1) is 0 Å². The number of halogens is 1. The molecule has 11 heavy (non-hydrogen) atoms. The van der Waals surface area contributed by atoms with Crippen LogP contribution in [0.2, 0.25) is 0 Å². The van der Waals surface area contributed by atoms with E-state index in [1.54, 1.807) is 0 Å². The van der Waals surface area contributed by atoms with Crippen molar-refractivity contribution in [1.82, 2.24) is 0 Å². The van der Waals surface area contributed by atoms with Crippen LogP contribution in [0.1, 0.15) is 32.1 Å². The van der Waals surface area contributed by atoms with Crippen LogP contribution in [0.5, 0.6) is 0 Å². The van der Waals surface area contributed by atoms with E-state index in [0.717, 1.165) is 17.3 Å². The lowest BCUT2D eigenvalue weighted by atomic mass is 9.85. The van der Waals surface area contributed by atoms with E-state index in [1.807, 2.05) is 6.08 Å². The Morgan fingerprint density at radius 2 is 1.91 bits per heavy atom. The molecule has 0 aromatic rings. The summed E-state index contributed by atoms with van der Waals surface area (Å²) in [5.74, 6) is 0. The molecule has 0 unspecified atom stereocenters. The van der Waals surface area contributed by atoms with Crippen molar-refractivity contribution in [3.05, 3.63) is 12.2 Å². The largest absolute Gasteiger partial charge is 0.386 e. The van der Waals surface area contributed by atoms with Gasteiger partial charge < -0.3 is 5.11 Å². The van der Waals surface area contributed by atoms with Gasteiger partial charge in [-0.2, -0.15) is 0 Å². The fourth-order valence-electron chi connectivity index (χ4n) is 1.59. The van der Waals surface area contributed by atoms with E-state index in [2.05, 4.69) is 28.7 Å². The molecule has 1 nitrogen and oxygen atoms in total. The maximum atomic E-state index is 9.91. The summed E-state index contributed by atoms with van der Waals surface area (Å²) >= 11 is 2.29. The summed E-state index contributed by atoms with van der Waals surface area (Å²) in [6, 6.07) is 0. The molecule has 0 aliphatic heterocycles. The van der Waals surface area contributed by atoms with Gasteiger partial charge in [0.25, 0.3) is 0 Å². The second kappa shape index (κ2) is 4.45. The summed E-state index contributed by atoms with van der Waals surface area (Å²) < 4.78 is 1.00. The van der Waals surface area contributed by atoms with E-state index in [1.165, 1.54) is 19.3 Å². The number of rotatable bonds is 2. The Labute approximate surface area is 82.0 Å². The summed E-state index contributed by atoms with van der Waals surface area (Å²) in [5.41, 5.74) is -0.455. The molecule has 0 atom stereocenters. The molecule has 0 saturated heterocycles. The Morgan fingerprint density at radius 3 is 2.45 bits per heavy atom. The summed E-state index contributed by atoms with van der Waals surface area (Å²) in [6.07, 6.45) is 9.62. The molecule has 1 fully saturated rings. The predicted octanol–water partition coefficient (Wildman–Crippen LogP) is 2.67. The first-order chi connectivity index (χ1) is 5.27. The van der Waals surface area contributed by atoms with Crippen LogP contribution in [0.3, 0.4) is 0 Å². The normalized spacial score (nSPS) is 24.2. The third-order valence-electron chi connectivity index (χ3n) is 2.24. The zero-order chi connectivity index (χ0) is 8.16. The van der Waals surface area contributed by atoms with Crippen LogP contribution in [-0.4, -0.2) is 15.1 Å². The van der Waals surface area contributed by atoms with Crippen LogP contribution in [0.25, 0.3) is 0 Å². The Balaban J connectivity index is 2.43. The highest BCUT2D eigenvalue weighted by molar-refractivity contribution is 14.1. The van der Waals surface area contributed by atoms with E-state index in [0.29, 0.717) is 0 Å². The maximum absolute atomic E-state index is 9.91. The molecule has 0 aromatic heterocycles. The molecule has 0 aromatic carbocycles. The number of hydrogen-bond donors (Lipinski definition) is 1. The minimum atomic E-state index is -0.455. The minimum Gasteiger partial charge on any atom is -0.386 e. The summed E-state index contributed by atoms with van der Waals surface area (Å²) in [7, 11) is 0. The van der Waals surface area contributed by atoms with Crippen molar-refractivity contribution in [2.45, 2.75) is 37.7 Å². The molecule has 0 heterocycles. The molecular formula is C9H15IO. The van der Waals surface area contributed by atoms with Gasteiger partial charge in [0.05, 0.1) is 5.60 Å². The Hall–Kier alpha value is 0.430. The zero-order valence-electron chi connectivity index (χ0n) is 6.72. The van der Waals surface area contributed by atoms with Gasteiger partial charge in [0.2, 0.25) is 0 Å². The molecule has 1 N–H and O–H groups in total. The number of allylic oxidation sites excluding steroid dienone is 1. The van der Waals surface area contributed by atoms with Gasteiger partial charge in [-0.05, 0) is 12.8 Å². The Kier molecular flexibility index (Phi) is 3.85. The Morgan fingerprint density at radius 1 is 1.27 bits per heavy atom. The lowest BCUT2D eigenvalue weighted by Crippen LogP contribution is -2.28. The van der Waals surface area contributed by atoms with Gasteiger partial charge in [0, 0.05) is 4.43 Å². The molecule has 1 rings (SSSR count). The predicted molar refractivity (Wildman–Crippen MR) is 56.1 cm³/mol. The molecular weight excluding hydrogens is 251 g/mol. The van der Waals surface area contributed by atoms with Crippen LogP contribution < -0.4 is 0 Å². The molecule has 1 aliphatic rings. The first-order valence-electron chi connectivity index (χ1n) is 4.23. The van der Waals surface area contributed by atoms with Crippen molar-refractivity contribution >= 4 is 22.6 Å². The van der Waals surface area contributed by atoms with Crippen LogP contribution in [0.15, 0.2) is 12.2 Å². The average Bonchev–Trinajstić information content (AvgIpc) is 2.03. The van der Waals surface area contributed by atoms with Crippen molar-refractivity contribution in [3.63, 3.8) is 0 Å². The summed E-state index contributed by atoms with van der Waals surface area (Å²) in [5, 5.41) is 9.91. The van der Waals surface area contributed by atoms with E-state index >= 15 is 0 Å². The fourth-order valence-corrected chi connectivity index (χ4v) is 1.85. The smallest absolute Gasteiger partial charge is 0.0828 e. The molecule has 0 radical (unpaired) electrons. The van der Waals surface area contributed by atoms with Crippen LogP contribution >= 0.6 is 22.6 Å². The molecule has 0 spiro atoms. The third-order valence-corrected chi connectivity index (χ3v) is 2.75. The Bertz CT molecular complexity index is 136. The van der Waals surface area contributed by atoms with E-state index in [-0.39, 0.29) is 0 Å². The standard InChI is InChI=1S/C9H15IO/c10-8-4-7-9(11)5-2-1-3-6-9/h4,7,11H,1-3,5-6,8H2. The van der Waals surface area contributed by atoms with Crippen molar-refractivity contribution in [2.24, 2.45) is 0 Å².